The fourth-order valence-electron chi connectivity index (χ4n) is 3.94. The number of nitrogens with zero attached hydrogens (tertiary/aromatic N) is 4. The highest BCUT2D eigenvalue weighted by Gasteiger charge is 2.31. The maximum atomic E-state index is 13.0. The summed E-state index contributed by atoms with van der Waals surface area (Å²) in [5, 5.41) is 0. The molecule has 0 saturated carbocycles. The topological polar surface area (TPSA) is 119 Å². The summed E-state index contributed by atoms with van der Waals surface area (Å²) < 4.78 is 11.1. The predicted octanol–water partition coefficient (Wildman–Crippen LogP) is 3.66. The standard InChI is InChI=1S/C27H25N5O5/c1-18-16-31(10-11-32(18)27(35)37-24-13-21(25(28)33)14-30-15-24)26(34)20-6-8-23(9-7-20)36-17-19-4-3-5-22(12-19)29-2/h3-9,12-15,18H,10-11,16-17H2,1H3,(H2,28,33). The van der Waals surface area contributed by atoms with Crippen molar-refractivity contribution in [3.8, 4) is 11.5 Å². The first-order valence-corrected chi connectivity index (χ1v) is 11.6. The summed E-state index contributed by atoms with van der Waals surface area (Å²) in [5.41, 5.74) is 7.34. The lowest BCUT2D eigenvalue weighted by atomic mass is 10.1. The van der Waals surface area contributed by atoms with Crippen LogP contribution in [0.15, 0.2) is 67.0 Å². The van der Waals surface area contributed by atoms with E-state index in [1.54, 1.807) is 41.3 Å². The molecule has 37 heavy (non-hydrogen) atoms. The second kappa shape index (κ2) is 11.2. The number of primary amides is 1. The van der Waals surface area contributed by atoms with E-state index in [1.165, 1.54) is 23.4 Å². The number of piperazine rings is 1. The average molecular weight is 500 g/mol. The van der Waals surface area contributed by atoms with Crippen molar-refractivity contribution in [2.75, 3.05) is 19.6 Å². The lowest BCUT2D eigenvalue weighted by Gasteiger charge is -2.39. The molecule has 1 fully saturated rings. The number of hydrogen-bond acceptors (Lipinski definition) is 6. The van der Waals surface area contributed by atoms with E-state index < -0.39 is 12.0 Å². The van der Waals surface area contributed by atoms with Crippen LogP contribution in [0.3, 0.4) is 0 Å². The number of pyridine rings is 1. The molecule has 1 saturated heterocycles. The van der Waals surface area contributed by atoms with Crippen molar-refractivity contribution in [2.45, 2.75) is 19.6 Å². The SMILES string of the molecule is [C-]#[N+]c1cccc(COc2ccc(C(=O)N3CCN(C(=O)Oc4cncc(C(N)=O)c4)C(C)C3)cc2)c1. The van der Waals surface area contributed by atoms with Gasteiger partial charge in [0.1, 0.15) is 12.4 Å². The van der Waals surface area contributed by atoms with Crippen LogP contribution in [0.2, 0.25) is 0 Å². The van der Waals surface area contributed by atoms with Crippen LogP contribution < -0.4 is 15.2 Å². The fraction of sp³-hybridized carbons (Fsp3) is 0.222. The monoisotopic (exact) mass is 499 g/mol. The number of carbonyl (C=O) groups excluding carboxylic acids is 3. The number of rotatable bonds is 6. The zero-order valence-corrected chi connectivity index (χ0v) is 20.2. The fourth-order valence-corrected chi connectivity index (χ4v) is 3.94. The van der Waals surface area contributed by atoms with E-state index in [2.05, 4.69) is 9.83 Å². The Hall–Kier alpha value is -4.91. The smallest absolute Gasteiger partial charge is 0.415 e. The van der Waals surface area contributed by atoms with E-state index in [9.17, 15) is 14.4 Å². The Morgan fingerprint density at radius 1 is 1.05 bits per heavy atom. The van der Waals surface area contributed by atoms with Gasteiger partial charge in [0.05, 0.1) is 18.3 Å². The molecule has 1 unspecified atom stereocenters. The minimum Gasteiger partial charge on any atom is -0.489 e. The quantitative estimate of drug-likeness (QED) is 0.517. The van der Waals surface area contributed by atoms with E-state index in [-0.39, 0.29) is 23.3 Å². The highest BCUT2D eigenvalue weighted by Crippen LogP contribution is 2.20. The summed E-state index contributed by atoms with van der Waals surface area (Å²) >= 11 is 0. The summed E-state index contributed by atoms with van der Waals surface area (Å²) in [5.74, 6) is -0.0829. The molecule has 2 N–H and O–H groups in total. The lowest BCUT2D eigenvalue weighted by Crippen LogP contribution is -2.56. The van der Waals surface area contributed by atoms with Gasteiger partial charge in [0, 0.05) is 37.4 Å². The number of amides is 3. The highest BCUT2D eigenvalue weighted by molar-refractivity contribution is 5.94. The Morgan fingerprint density at radius 3 is 2.54 bits per heavy atom. The molecule has 3 aromatic rings. The first-order valence-electron chi connectivity index (χ1n) is 11.6. The molecule has 0 spiro atoms. The van der Waals surface area contributed by atoms with E-state index in [0.29, 0.717) is 43.2 Å². The molecule has 1 aromatic heterocycles. The van der Waals surface area contributed by atoms with Gasteiger partial charge in [0.2, 0.25) is 5.91 Å². The molecule has 0 aliphatic carbocycles. The molecule has 1 aliphatic rings. The van der Waals surface area contributed by atoms with Crippen LogP contribution in [-0.2, 0) is 6.61 Å². The zero-order chi connectivity index (χ0) is 26.4. The van der Waals surface area contributed by atoms with E-state index in [4.69, 9.17) is 21.8 Å². The first kappa shape index (κ1) is 25.2. The Morgan fingerprint density at radius 2 is 1.84 bits per heavy atom. The maximum Gasteiger partial charge on any atom is 0.415 e. The van der Waals surface area contributed by atoms with Crippen LogP contribution in [-0.4, -0.2) is 58.4 Å². The molecule has 10 heteroatoms. The van der Waals surface area contributed by atoms with Gasteiger partial charge in [-0.25, -0.2) is 9.64 Å². The van der Waals surface area contributed by atoms with Crippen molar-refractivity contribution in [1.82, 2.24) is 14.8 Å². The Labute approximate surface area is 214 Å². The molecule has 0 bridgehead atoms. The van der Waals surface area contributed by atoms with Crippen molar-refractivity contribution in [1.29, 1.82) is 0 Å². The number of nitrogens with two attached hydrogens (primary N) is 1. The molecular weight excluding hydrogens is 474 g/mol. The van der Waals surface area contributed by atoms with Gasteiger partial charge in [-0.15, -0.1) is 0 Å². The van der Waals surface area contributed by atoms with Crippen molar-refractivity contribution in [3.63, 3.8) is 0 Å². The third-order valence-corrected chi connectivity index (χ3v) is 5.90. The highest BCUT2D eigenvalue weighted by atomic mass is 16.6. The minimum atomic E-state index is -0.670. The van der Waals surface area contributed by atoms with Gasteiger partial charge in [0.25, 0.3) is 5.91 Å². The molecule has 4 rings (SSSR count). The summed E-state index contributed by atoms with van der Waals surface area (Å²) in [6, 6.07) is 15.2. The summed E-state index contributed by atoms with van der Waals surface area (Å²) in [4.78, 5) is 47.5. The summed E-state index contributed by atoms with van der Waals surface area (Å²) in [6.45, 7) is 10.2. The van der Waals surface area contributed by atoms with Gasteiger partial charge in [-0.3, -0.25) is 14.6 Å². The van der Waals surface area contributed by atoms with Gasteiger partial charge in [-0.1, -0.05) is 18.2 Å². The number of benzene rings is 2. The molecule has 3 amide bonds. The second-order valence-electron chi connectivity index (χ2n) is 8.53. The summed E-state index contributed by atoms with van der Waals surface area (Å²) in [7, 11) is 0. The summed E-state index contributed by atoms with van der Waals surface area (Å²) in [6.07, 6.45) is 2.03. The van der Waals surface area contributed by atoms with E-state index in [1.807, 2.05) is 19.1 Å². The zero-order valence-electron chi connectivity index (χ0n) is 20.2. The van der Waals surface area contributed by atoms with Crippen molar-refractivity contribution < 1.29 is 23.9 Å². The first-order chi connectivity index (χ1) is 17.8. The van der Waals surface area contributed by atoms with Crippen LogP contribution in [0, 0.1) is 6.57 Å². The largest absolute Gasteiger partial charge is 0.489 e. The van der Waals surface area contributed by atoms with Crippen molar-refractivity contribution >= 4 is 23.6 Å². The van der Waals surface area contributed by atoms with Crippen molar-refractivity contribution in [2.24, 2.45) is 5.73 Å². The molecule has 2 heterocycles. The van der Waals surface area contributed by atoms with Crippen LogP contribution >= 0.6 is 0 Å². The Kier molecular flexibility index (Phi) is 7.64. The van der Waals surface area contributed by atoms with E-state index in [0.717, 1.165) is 5.56 Å². The van der Waals surface area contributed by atoms with Crippen molar-refractivity contribution in [3.05, 3.63) is 95.1 Å². The molecule has 0 radical (unpaired) electrons. The average Bonchev–Trinajstić information content (AvgIpc) is 2.92. The van der Waals surface area contributed by atoms with E-state index >= 15 is 0 Å². The Bertz CT molecular complexity index is 1350. The number of aromatic nitrogens is 1. The molecule has 1 aliphatic heterocycles. The predicted molar refractivity (Wildman–Crippen MR) is 134 cm³/mol. The molecule has 188 valence electrons. The molecule has 1 atom stereocenters. The normalized spacial score (nSPS) is 15.0. The third kappa shape index (κ3) is 6.21. The van der Waals surface area contributed by atoms with Gasteiger partial charge in [-0.2, -0.15) is 0 Å². The van der Waals surface area contributed by atoms with Crippen LogP contribution in [0.25, 0.3) is 4.85 Å². The molecule has 10 nitrogen and oxygen atoms in total. The van der Waals surface area contributed by atoms with Crippen LogP contribution in [0.5, 0.6) is 11.5 Å². The van der Waals surface area contributed by atoms with Crippen LogP contribution in [0.1, 0.15) is 33.2 Å². The minimum absolute atomic E-state index is 0.119. The van der Waals surface area contributed by atoms with Gasteiger partial charge >= 0.3 is 6.09 Å². The molecule has 2 aromatic carbocycles. The lowest BCUT2D eigenvalue weighted by molar-refractivity contribution is 0.0521. The number of hydrogen-bond donors (Lipinski definition) is 1. The van der Waals surface area contributed by atoms with Gasteiger partial charge in [0.15, 0.2) is 11.4 Å². The van der Waals surface area contributed by atoms with Gasteiger partial charge < -0.3 is 25.0 Å². The second-order valence-corrected chi connectivity index (χ2v) is 8.53. The molecular formula is C27H25N5O5. The van der Waals surface area contributed by atoms with Crippen LogP contribution in [0.4, 0.5) is 10.5 Å². The maximum absolute atomic E-state index is 13.0. The number of ether oxygens (including phenoxy) is 2. The Balaban J connectivity index is 1.31. The van der Waals surface area contributed by atoms with Gasteiger partial charge in [-0.05, 0) is 48.9 Å². The number of carbonyl (C=O) groups is 3. The third-order valence-electron chi connectivity index (χ3n) is 5.90.